The number of hydrogen-bond donors (Lipinski definition) is 0. The summed E-state index contributed by atoms with van der Waals surface area (Å²) in [4.78, 5) is 0.0512. The van der Waals surface area contributed by atoms with Crippen LogP contribution in [0.2, 0.25) is 0 Å². The van der Waals surface area contributed by atoms with Gasteiger partial charge in [-0.25, -0.2) is 8.42 Å². The second-order valence-electron chi connectivity index (χ2n) is 4.18. The first-order valence-electron chi connectivity index (χ1n) is 5.49. The van der Waals surface area contributed by atoms with Gasteiger partial charge in [0.15, 0.2) is 0 Å². The number of aryl methyl sites for hydroxylation is 1. The molecule has 5 heteroatoms. The van der Waals surface area contributed by atoms with E-state index in [9.17, 15) is 8.42 Å². The maximum absolute atomic E-state index is 11.5. The third-order valence-corrected chi connectivity index (χ3v) is 3.86. The molecule has 1 rings (SSSR count). The molecule has 1 aromatic rings. The van der Waals surface area contributed by atoms with Gasteiger partial charge in [0.2, 0.25) is 0 Å². The zero-order chi connectivity index (χ0) is 13.2. The van der Waals surface area contributed by atoms with Crippen molar-refractivity contribution in [3.8, 4) is 5.75 Å². The van der Waals surface area contributed by atoms with Crippen molar-refractivity contribution in [1.82, 2.24) is 0 Å². The average Bonchev–Trinajstić information content (AvgIpc) is 2.15. The molecule has 0 N–H and O–H groups in total. The monoisotopic (exact) mass is 276 g/mol. The average molecular weight is 277 g/mol. The fourth-order valence-electron chi connectivity index (χ4n) is 1.76. The molecular weight excluding hydrogens is 260 g/mol. The van der Waals surface area contributed by atoms with E-state index in [1.54, 1.807) is 19.1 Å². The van der Waals surface area contributed by atoms with E-state index in [0.717, 1.165) is 11.1 Å². The molecular formula is C12H17ClO3S. The van der Waals surface area contributed by atoms with Crippen molar-refractivity contribution in [3.63, 3.8) is 0 Å². The lowest BCUT2D eigenvalue weighted by Gasteiger charge is -2.15. The molecule has 0 aliphatic carbocycles. The van der Waals surface area contributed by atoms with Crippen molar-refractivity contribution >= 4 is 19.7 Å². The van der Waals surface area contributed by atoms with Gasteiger partial charge in [-0.3, -0.25) is 0 Å². The fourth-order valence-corrected chi connectivity index (χ4v) is 2.75. The second kappa shape index (κ2) is 5.27. The first kappa shape index (κ1) is 14.3. The van der Waals surface area contributed by atoms with Crippen LogP contribution in [0.5, 0.6) is 5.75 Å². The Morgan fingerprint density at radius 2 is 1.94 bits per heavy atom. The predicted octanol–water partition coefficient (Wildman–Crippen LogP) is 3.44. The quantitative estimate of drug-likeness (QED) is 0.791. The Morgan fingerprint density at radius 3 is 2.35 bits per heavy atom. The van der Waals surface area contributed by atoms with Crippen LogP contribution in [0.3, 0.4) is 0 Å². The minimum Gasteiger partial charge on any atom is -0.492 e. The lowest BCUT2D eigenvalue weighted by molar-refractivity contribution is 0.331. The van der Waals surface area contributed by atoms with Crippen molar-refractivity contribution in [2.24, 2.45) is 0 Å². The van der Waals surface area contributed by atoms with Gasteiger partial charge in [0.1, 0.15) is 10.6 Å². The van der Waals surface area contributed by atoms with E-state index in [1.807, 2.05) is 20.8 Å². The number of halogens is 1. The van der Waals surface area contributed by atoms with Crippen molar-refractivity contribution in [3.05, 3.63) is 23.3 Å². The Labute approximate surface area is 107 Å². The van der Waals surface area contributed by atoms with Crippen molar-refractivity contribution in [2.45, 2.75) is 38.5 Å². The standard InChI is InChI=1S/C12H17ClO3S/c1-5-16-11-6-9(4)10(8(2)3)7-12(11)17(13,14)15/h6-8H,5H2,1-4H3. The maximum atomic E-state index is 11.5. The summed E-state index contributed by atoms with van der Waals surface area (Å²) in [6.07, 6.45) is 0. The summed E-state index contributed by atoms with van der Waals surface area (Å²) < 4.78 is 28.3. The summed E-state index contributed by atoms with van der Waals surface area (Å²) in [5, 5.41) is 0. The normalized spacial score (nSPS) is 11.9. The smallest absolute Gasteiger partial charge is 0.264 e. The summed E-state index contributed by atoms with van der Waals surface area (Å²) in [7, 11) is 1.64. The van der Waals surface area contributed by atoms with Gasteiger partial charge in [0, 0.05) is 10.7 Å². The highest BCUT2D eigenvalue weighted by Gasteiger charge is 2.20. The van der Waals surface area contributed by atoms with Crippen molar-refractivity contribution in [1.29, 1.82) is 0 Å². The first-order chi connectivity index (χ1) is 7.77. The minimum atomic E-state index is -3.78. The molecule has 0 fully saturated rings. The molecule has 96 valence electrons. The van der Waals surface area contributed by atoms with Crippen LogP contribution in [0.15, 0.2) is 17.0 Å². The summed E-state index contributed by atoms with van der Waals surface area (Å²) in [5.74, 6) is 0.562. The summed E-state index contributed by atoms with van der Waals surface area (Å²) in [6, 6.07) is 3.33. The summed E-state index contributed by atoms with van der Waals surface area (Å²) in [6.45, 7) is 8.15. The van der Waals surface area contributed by atoms with Crippen LogP contribution in [-0.2, 0) is 9.05 Å². The molecule has 0 amide bonds. The molecule has 0 heterocycles. The molecule has 0 unspecified atom stereocenters. The molecule has 0 aliphatic heterocycles. The third-order valence-electron chi connectivity index (χ3n) is 2.52. The number of benzene rings is 1. The van der Waals surface area contributed by atoms with E-state index in [4.69, 9.17) is 15.4 Å². The lowest BCUT2D eigenvalue weighted by Crippen LogP contribution is -2.03. The Bertz CT molecular complexity index is 507. The van der Waals surface area contributed by atoms with Gasteiger partial charge in [0.25, 0.3) is 9.05 Å². The van der Waals surface area contributed by atoms with E-state index in [1.165, 1.54) is 0 Å². The Morgan fingerprint density at radius 1 is 1.35 bits per heavy atom. The zero-order valence-corrected chi connectivity index (χ0v) is 12.0. The number of ether oxygens (including phenoxy) is 1. The van der Waals surface area contributed by atoms with Gasteiger partial charge in [-0.15, -0.1) is 0 Å². The molecule has 0 saturated carbocycles. The number of rotatable bonds is 4. The molecule has 0 aromatic heterocycles. The highest BCUT2D eigenvalue weighted by Crippen LogP contribution is 2.33. The van der Waals surface area contributed by atoms with Crippen molar-refractivity contribution in [2.75, 3.05) is 6.61 Å². The van der Waals surface area contributed by atoms with Gasteiger partial charge in [-0.2, -0.15) is 0 Å². The Hall–Kier alpha value is -0.740. The Balaban J connectivity index is 3.48. The van der Waals surface area contributed by atoms with Gasteiger partial charge in [0.05, 0.1) is 6.61 Å². The fraction of sp³-hybridized carbons (Fsp3) is 0.500. The zero-order valence-electron chi connectivity index (χ0n) is 10.5. The molecule has 0 aliphatic rings. The van der Waals surface area contributed by atoms with Gasteiger partial charge >= 0.3 is 0 Å². The van der Waals surface area contributed by atoms with Gasteiger partial charge < -0.3 is 4.74 Å². The molecule has 0 saturated heterocycles. The maximum Gasteiger partial charge on any atom is 0.264 e. The van der Waals surface area contributed by atoms with Crippen molar-refractivity contribution < 1.29 is 13.2 Å². The van der Waals surface area contributed by atoms with E-state index < -0.39 is 9.05 Å². The topological polar surface area (TPSA) is 43.4 Å². The van der Waals surface area contributed by atoms with Crippen LogP contribution in [0, 0.1) is 6.92 Å². The van der Waals surface area contributed by atoms with E-state index in [2.05, 4.69) is 0 Å². The van der Waals surface area contributed by atoms with Crippen LogP contribution in [0.1, 0.15) is 37.8 Å². The van der Waals surface area contributed by atoms with Gasteiger partial charge in [-0.05, 0) is 43.0 Å². The second-order valence-corrected chi connectivity index (χ2v) is 6.72. The Kier molecular flexibility index (Phi) is 4.44. The largest absolute Gasteiger partial charge is 0.492 e. The number of hydrogen-bond acceptors (Lipinski definition) is 3. The lowest BCUT2D eigenvalue weighted by atomic mass is 9.98. The molecule has 17 heavy (non-hydrogen) atoms. The molecule has 1 aromatic carbocycles. The van der Waals surface area contributed by atoms with Crippen LogP contribution in [0.25, 0.3) is 0 Å². The molecule has 0 radical (unpaired) electrons. The molecule has 3 nitrogen and oxygen atoms in total. The minimum absolute atomic E-state index is 0.0512. The predicted molar refractivity (Wildman–Crippen MR) is 69.5 cm³/mol. The third kappa shape index (κ3) is 3.36. The van der Waals surface area contributed by atoms with E-state index in [-0.39, 0.29) is 10.8 Å². The summed E-state index contributed by atoms with van der Waals surface area (Å²) in [5.41, 5.74) is 1.97. The van der Waals surface area contributed by atoms with Crippen LogP contribution in [-0.4, -0.2) is 15.0 Å². The van der Waals surface area contributed by atoms with Crippen LogP contribution in [0.4, 0.5) is 0 Å². The van der Waals surface area contributed by atoms with Crippen LogP contribution >= 0.6 is 10.7 Å². The highest BCUT2D eigenvalue weighted by atomic mass is 35.7. The molecule has 0 bridgehead atoms. The van der Waals surface area contributed by atoms with Crippen LogP contribution < -0.4 is 4.74 Å². The molecule has 0 spiro atoms. The molecule has 0 atom stereocenters. The SMILES string of the molecule is CCOc1cc(C)c(C(C)C)cc1S(=O)(=O)Cl. The van der Waals surface area contributed by atoms with E-state index in [0.29, 0.717) is 12.4 Å². The first-order valence-corrected chi connectivity index (χ1v) is 7.80. The van der Waals surface area contributed by atoms with Gasteiger partial charge in [-0.1, -0.05) is 13.8 Å². The highest BCUT2D eigenvalue weighted by molar-refractivity contribution is 8.13. The van der Waals surface area contributed by atoms with E-state index >= 15 is 0 Å². The summed E-state index contributed by atoms with van der Waals surface area (Å²) >= 11 is 0.